The second-order valence-electron chi connectivity index (χ2n) is 5.13. The van der Waals surface area contributed by atoms with Crippen LogP contribution in [0.25, 0.3) is 0 Å². The molecule has 21 heavy (non-hydrogen) atoms. The largest absolute Gasteiger partial charge is 0.494 e. The average Bonchev–Trinajstić information content (AvgIpc) is 2.85. The lowest BCUT2D eigenvalue weighted by molar-refractivity contribution is 0.103. The van der Waals surface area contributed by atoms with Crippen LogP contribution in [0.15, 0.2) is 36.4 Å². The van der Waals surface area contributed by atoms with Gasteiger partial charge in [-0.25, -0.2) is 4.39 Å². The Morgan fingerprint density at radius 1 is 1.24 bits per heavy atom. The maximum Gasteiger partial charge on any atom is 0.193 e. The van der Waals surface area contributed by atoms with E-state index in [-0.39, 0.29) is 17.6 Å². The fraction of sp³-hybridized carbons (Fsp3) is 0.235. The van der Waals surface area contributed by atoms with Crippen LogP contribution in [0, 0.1) is 5.82 Å². The summed E-state index contributed by atoms with van der Waals surface area (Å²) in [5.74, 6) is 0.197. The first kappa shape index (κ1) is 13.6. The van der Waals surface area contributed by atoms with Crippen LogP contribution in [0.3, 0.4) is 0 Å². The summed E-state index contributed by atoms with van der Waals surface area (Å²) in [6, 6.07) is 9.56. The summed E-state index contributed by atoms with van der Waals surface area (Å²) in [5, 5.41) is 0. The summed E-state index contributed by atoms with van der Waals surface area (Å²) in [6.45, 7) is 1.99. The van der Waals surface area contributed by atoms with Gasteiger partial charge in [0.25, 0.3) is 0 Å². The smallest absolute Gasteiger partial charge is 0.193 e. The van der Waals surface area contributed by atoms with Gasteiger partial charge in [0.05, 0.1) is 7.11 Å². The summed E-state index contributed by atoms with van der Waals surface area (Å²) < 4.78 is 24.2. The Morgan fingerprint density at radius 3 is 2.67 bits per heavy atom. The summed E-state index contributed by atoms with van der Waals surface area (Å²) in [7, 11) is 1.39. The number of ether oxygens (including phenoxy) is 2. The average molecular weight is 286 g/mol. The Morgan fingerprint density at radius 2 is 1.95 bits per heavy atom. The Bertz CT molecular complexity index is 709. The molecule has 3 rings (SSSR count). The molecule has 1 aliphatic heterocycles. The van der Waals surface area contributed by atoms with Crippen LogP contribution in [-0.2, 0) is 6.42 Å². The Kier molecular flexibility index (Phi) is 3.37. The minimum atomic E-state index is -0.540. The van der Waals surface area contributed by atoms with Gasteiger partial charge in [-0.05, 0) is 48.9 Å². The molecular formula is C17H15FO3. The van der Waals surface area contributed by atoms with Crippen molar-refractivity contribution in [3.05, 3.63) is 58.9 Å². The molecule has 0 aromatic heterocycles. The van der Waals surface area contributed by atoms with Gasteiger partial charge in [0.2, 0.25) is 0 Å². The van der Waals surface area contributed by atoms with E-state index in [4.69, 9.17) is 9.47 Å². The van der Waals surface area contributed by atoms with Gasteiger partial charge in [0.15, 0.2) is 17.3 Å². The number of benzene rings is 2. The molecule has 0 aliphatic carbocycles. The third kappa shape index (κ3) is 2.49. The van der Waals surface area contributed by atoms with E-state index in [0.717, 1.165) is 17.7 Å². The number of carbonyl (C=O) groups is 1. The van der Waals surface area contributed by atoms with E-state index < -0.39 is 5.82 Å². The molecular weight excluding hydrogens is 271 g/mol. The molecule has 3 nitrogen and oxygen atoms in total. The number of fused-ring (bicyclic) bond motifs is 1. The molecule has 0 fully saturated rings. The van der Waals surface area contributed by atoms with Gasteiger partial charge in [-0.3, -0.25) is 4.79 Å². The fourth-order valence-electron chi connectivity index (χ4n) is 2.54. The Balaban J connectivity index is 1.92. The summed E-state index contributed by atoms with van der Waals surface area (Å²) in [5.41, 5.74) is 1.86. The van der Waals surface area contributed by atoms with E-state index in [0.29, 0.717) is 11.1 Å². The van der Waals surface area contributed by atoms with Crippen LogP contribution in [0.5, 0.6) is 11.5 Å². The van der Waals surface area contributed by atoms with Crippen LogP contribution < -0.4 is 9.47 Å². The topological polar surface area (TPSA) is 35.5 Å². The molecule has 1 unspecified atom stereocenters. The molecule has 108 valence electrons. The van der Waals surface area contributed by atoms with Crippen LogP contribution in [0.4, 0.5) is 4.39 Å². The van der Waals surface area contributed by atoms with Crippen molar-refractivity contribution in [1.29, 1.82) is 0 Å². The lowest BCUT2D eigenvalue weighted by Gasteiger charge is -2.06. The zero-order chi connectivity index (χ0) is 15.0. The zero-order valence-corrected chi connectivity index (χ0v) is 11.9. The molecule has 0 amide bonds. The lowest BCUT2D eigenvalue weighted by Crippen LogP contribution is -2.05. The molecule has 2 aromatic rings. The number of hydrogen-bond donors (Lipinski definition) is 0. The van der Waals surface area contributed by atoms with Crippen molar-refractivity contribution in [2.24, 2.45) is 0 Å². The van der Waals surface area contributed by atoms with Crippen molar-refractivity contribution >= 4 is 5.78 Å². The fourth-order valence-corrected chi connectivity index (χ4v) is 2.54. The molecule has 0 saturated carbocycles. The number of rotatable bonds is 3. The van der Waals surface area contributed by atoms with E-state index in [2.05, 4.69) is 0 Å². The molecule has 1 atom stereocenters. The van der Waals surface area contributed by atoms with E-state index >= 15 is 0 Å². The predicted octanol–water partition coefficient (Wildman–Crippen LogP) is 3.39. The standard InChI is InChI=1S/C17H15FO3/c1-10-7-13-8-11(3-5-15(13)21-10)17(19)12-4-6-16(20-2)14(18)9-12/h3-6,8-10H,7H2,1-2H3. The molecule has 0 saturated heterocycles. The SMILES string of the molecule is COc1ccc(C(=O)c2ccc3c(c2)CC(C)O3)cc1F. The van der Waals surface area contributed by atoms with Crippen molar-refractivity contribution in [1.82, 2.24) is 0 Å². The molecule has 2 aromatic carbocycles. The van der Waals surface area contributed by atoms with Gasteiger partial charge in [-0.15, -0.1) is 0 Å². The van der Waals surface area contributed by atoms with Gasteiger partial charge in [0, 0.05) is 17.5 Å². The molecule has 0 bridgehead atoms. The predicted molar refractivity (Wildman–Crippen MR) is 76.6 cm³/mol. The van der Waals surface area contributed by atoms with E-state index in [1.165, 1.54) is 19.2 Å². The monoisotopic (exact) mass is 286 g/mol. The number of ketones is 1. The Hall–Kier alpha value is -2.36. The molecule has 1 aliphatic rings. The number of methoxy groups -OCH3 is 1. The highest BCUT2D eigenvalue weighted by Gasteiger charge is 2.21. The minimum Gasteiger partial charge on any atom is -0.494 e. The second kappa shape index (κ2) is 5.20. The van der Waals surface area contributed by atoms with Gasteiger partial charge in [-0.1, -0.05) is 0 Å². The quantitative estimate of drug-likeness (QED) is 0.811. The summed E-state index contributed by atoms with van der Waals surface area (Å²) in [4.78, 5) is 12.4. The van der Waals surface area contributed by atoms with E-state index in [1.54, 1.807) is 18.2 Å². The first-order valence-corrected chi connectivity index (χ1v) is 6.76. The van der Waals surface area contributed by atoms with Gasteiger partial charge < -0.3 is 9.47 Å². The van der Waals surface area contributed by atoms with Crippen LogP contribution in [0.2, 0.25) is 0 Å². The lowest BCUT2D eigenvalue weighted by atomic mass is 9.99. The number of hydrogen-bond acceptors (Lipinski definition) is 3. The van der Waals surface area contributed by atoms with Crippen LogP contribution in [-0.4, -0.2) is 19.0 Å². The van der Waals surface area contributed by atoms with Crippen molar-refractivity contribution in [3.8, 4) is 11.5 Å². The van der Waals surface area contributed by atoms with Crippen LogP contribution >= 0.6 is 0 Å². The van der Waals surface area contributed by atoms with Crippen molar-refractivity contribution in [2.45, 2.75) is 19.4 Å². The highest BCUT2D eigenvalue weighted by Crippen LogP contribution is 2.30. The van der Waals surface area contributed by atoms with Gasteiger partial charge in [0.1, 0.15) is 11.9 Å². The molecule has 0 N–H and O–H groups in total. The van der Waals surface area contributed by atoms with Crippen molar-refractivity contribution in [3.63, 3.8) is 0 Å². The minimum absolute atomic E-state index is 0.128. The third-order valence-corrected chi connectivity index (χ3v) is 3.57. The van der Waals surface area contributed by atoms with Gasteiger partial charge in [-0.2, -0.15) is 0 Å². The normalized spacial score (nSPS) is 16.2. The zero-order valence-electron chi connectivity index (χ0n) is 11.9. The second-order valence-corrected chi connectivity index (χ2v) is 5.13. The third-order valence-electron chi connectivity index (χ3n) is 3.57. The van der Waals surface area contributed by atoms with Gasteiger partial charge >= 0.3 is 0 Å². The summed E-state index contributed by atoms with van der Waals surface area (Å²) in [6.07, 6.45) is 0.914. The van der Waals surface area contributed by atoms with Crippen molar-refractivity contribution < 1.29 is 18.7 Å². The molecule has 4 heteroatoms. The first-order chi connectivity index (χ1) is 10.1. The van der Waals surface area contributed by atoms with E-state index in [1.807, 2.05) is 13.0 Å². The highest BCUT2D eigenvalue weighted by molar-refractivity contribution is 6.09. The molecule has 1 heterocycles. The molecule has 0 radical (unpaired) electrons. The summed E-state index contributed by atoms with van der Waals surface area (Å²) >= 11 is 0. The number of halogens is 1. The highest BCUT2D eigenvalue weighted by atomic mass is 19.1. The Labute approximate surface area is 122 Å². The number of carbonyl (C=O) groups excluding carboxylic acids is 1. The van der Waals surface area contributed by atoms with Crippen molar-refractivity contribution in [2.75, 3.05) is 7.11 Å². The first-order valence-electron chi connectivity index (χ1n) is 6.76. The van der Waals surface area contributed by atoms with E-state index in [9.17, 15) is 9.18 Å². The maximum absolute atomic E-state index is 13.7. The maximum atomic E-state index is 13.7. The van der Waals surface area contributed by atoms with Crippen LogP contribution in [0.1, 0.15) is 28.4 Å². The molecule has 0 spiro atoms.